The maximum absolute atomic E-state index is 13.8. The third kappa shape index (κ3) is 7.42. The molecule has 0 aliphatic carbocycles. The Morgan fingerprint density at radius 2 is 1.65 bits per heavy atom. The lowest BCUT2D eigenvalue weighted by Gasteiger charge is -2.32. The molecule has 3 rings (SSSR count). The second kappa shape index (κ2) is 12.9. The molecule has 0 aliphatic rings. The Morgan fingerprint density at radius 3 is 2.27 bits per heavy atom. The van der Waals surface area contributed by atoms with E-state index in [1.165, 1.54) is 17.0 Å². The number of hydrogen-bond acceptors (Lipinski definition) is 4. The maximum Gasteiger partial charge on any atom is 0.264 e. The molecular weight excluding hydrogens is 554 g/mol. The number of carbonyl (C=O) groups is 2. The van der Waals surface area contributed by atoms with Crippen molar-refractivity contribution in [3.63, 3.8) is 0 Å². The number of benzene rings is 3. The summed E-state index contributed by atoms with van der Waals surface area (Å²) in [6, 6.07) is 21.6. The Bertz CT molecular complexity index is 1310. The molecule has 0 heterocycles. The quantitative estimate of drug-likeness (QED) is 0.347. The lowest BCUT2D eigenvalue weighted by atomic mass is 10.1. The number of halogens is 1. The summed E-state index contributed by atoms with van der Waals surface area (Å²) >= 11 is 3.37. The van der Waals surface area contributed by atoms with Crippen molar-refractivity contribution >= 4 is 43.5 Å². The van der Waals surface area contributed by atoms with Crippen molar-refractivity contribution in [3.05, 3.63) is 94.5 Å². The summed E-state index contributed by atoms with van der Waals surface area (Å²) in [5, 5.41) is 2.84. The molecule has 7 nitrogen and oxygen atoms in total. The molecule has 1 atom stereocenters. The molecule has 3 aromatic carbocycles. The molecule has 0 aromatic heterocycles. The van der Waals surface area contributed by atoms with Crippen LogP contribution >= 0.6 is 15.9 Å². The van der Waals surface area contributed by atoms with Gasteiger partial charge in [0.05, 0.1) is 10.6 Å². The normalized spacial score (nSPS) is 12.0. The minimum absolute atomic E-state index is 0.0738. The number of sulfonamides is 1. The predicted octanol–water partition coefficient (Wildman–Crippen LogP) is 4.90. The Labute approximate surface area is 227 Å². The molecule has 0 fully saturated rings. The van der Waals surface area contributed by atoms with Crippen LogP contribution in [0.4, 0.5) is 5.69 Å². The molecule has 0 bridgehead atoms. The van der Waals surface area contributed by atoms with Crippen molar-refractivity contribution in [2.75, 3.05) is 17.4 Å². The molecule has 9 heteroatoms. The van der Waals surface area contributed by atoms with Crippen LogP contribution < -0.4 is 9.62 Å². The predicted molar refractivity (Wildman–Crippen MR) is 150 cm³/mol. The zero-order valence-electron chi connectivity index (χ0n) is 21.2. The van der Waals surface area contributed by atoms with E-state index in [-0.39, 0.29) is 17.3 Å². The molecule has 0 radical (unpaired) electrons. The number of rotatable bonds is 11. The highest BCUT2D eigenvalue weighted by Crippen LogP contribution is 2.26. The van der Waals surface area contributed by atoms with Gasteiger partial charge in [0, 0.05) is 17.6 Å². The number of nitrogens with zero attached hydrogens (tertiary/aromatic N) is 2. The van der Waals surface area contributed by atoms with Gasteiger partial charge in [-0.1, -0.05) is 70.9 Å². The van der Waals surface area contributed by atoms with Crippen LogP contribution in [0.15, 0.2) is 88.2 Å². The molecule has 1 N–H and O–H groups in total. The Balaban J connectivity index is 2.00. The molecule has 0 unspecified atom stereocenters. The highest BCUT2D eigenvalue weighted by Gasteiger charge is 2.32. The maximum atomic E-state index is 13.8. The van der Waals surface area contributed by atoms with Crippen LogP contribution in [0.5, 0.6) is 0 Å². The zero-order valence-corrected chi connectivity index (χ0v) is 23.6. The fourth-order valence-electron chi connectivity index (χ4n) is 3.84. The van der Waals surface area contributed by atoms with Gasteiger partial charge in [0.15, 0.2) is 0 Å². The summed E-state index contributed by atoms with van der Waals surface area (Å²) in [5.74, 6) is -0.771. The first-order valence-electron chi connectivity index (χ1n) is 12.1. The van der Waals surface area contributed by atoms with Gasteiger partial charge in [-0.05, 0) is 62.2 Å². The number of aryl methyl sites for hydroxylation is 1. The fourth-order valence-corrected chi connectivity index (χ4v) is 5.54. The van der Waals surface area contributed by atoms with Crippen LogP contribution in [0.3, 0.4) is 0 Å². The first kappa shape index (κ1) is 28.4. The number of hydrogen-bond donors (Lipinski definition) is 1. The monoisotopic (exact) mass is 585 g/mol. The van der Waals surface area contributed by atoms with E-state index in [9.17, 15) is 18.0 Å². The van der Waals surface area contributed by atoms with Gasteiger partial charge < -0.3 is 10.2 Å². The van der Waals surface area contributed by atoms with Gasteiger partial charge in [0.2, 0.25) is 11.8 Å². The van der Waals surface area contributed by atoms with Gasteiger partial charge in [-0.2, -0.15) is 0 Å². The van der Waals surface area contributed by atoms with Gasteiger partial charge in [0.25, 0.3) is 10.0 Å². The van der Waals surface area contributed by atoms with Crippen molar-refractivity contribution < 1.29 is 18.0 Å². The summed E-state index contributed by atoms with van der Waals surface area (Å²) in [6.45, 7) is 5.76. The first-order valence-corrected chi connectivity index (χ1v) is 14.3. The molecule has 0 spiro atoms. The van der Waals surface area contributed by atoms with Crippen LogP contribution in [0.1, 0.15) is 31.4 Å². The number of nitrogens with one attached hydrogen (secondary N) is 1. The highest BCUT2D eigenvalue weighted by molar-refractivity contribution is 9.10. The van der Waals surface area contributed by atoms with Crippen molar-refractivity contribution in [1.82, 2.24) is 10.2 Å². The van der Waals surface area contributed by atoms with E-state index in [1.54, 1.807) is 49.4 Å². The van der Waals surface area contributed by atoms with Crippen LogP contribution in [-0.4, -0.2) is 44.3 Å². The van der Waals surface area contributed by atoms with Gasteiger partial charge in [-0.15, -0.1) is 0 Å². The van der Waals surface area contributed by atoms with E-state index in [0.717, 1.165) is 26.3 Å². The topological polar surface area (TPSA) is 86.8 Å². The minimum Gasteiger partial charge on any atom is -0.354 e. The fraction of sp³-hybridized carbons (Fsp3) is 0.286. The number of amides is 2. The van der Waals surface area contributed by atoms with Crippen LogP contribution in [0.2, 0.25) is 0 Å². The van der Waals surface area contributed by atoms with Crippen molar-refractivity contribution in [1.29, 1.82) is 0 Å². The third-order valence-corrected chi connectivity index (χ3v) is 8.19. The summed E-state index contributed by atoms with van der Waals surface area (Å²) < 4.78 is 29.2. The van der Waals surface area contributed by atoms with E-state index in [4.69, 9.17) is 0 Å². The molecule has 196 valence electrons. The molecular formula is C28H32BrN3O4S. The molecule has 0 saturated heterocycles. The lowest BCUT2D eigenvalue weighted by molar-refractivity contribution is -0.139. The zero-order chi connectivity index (χ0) is 27.0. The average molecular weight is 587 g/mol. The van der Waals surface area contributed by atoms with Gasteiger partial charge in [-0.25, -0.2) is 8.42 Å². The highest BCUT2D eigenvalue weighted by atomic mass is 79.9. The number of anilines is 1. The van der Waals surface area contributed by atoms with E-state index < -0.39 is 28.5 Å². The van der Waals surface area contributed by atoms with E-state index >= 15 is 0 Å². The molecule has 0 saturated carbocycles. The average Bonchev–Trinajstić information content (AvgIpc) is 2.89. The van der Waals surface area contributed by atoms with Crippen molar-refractivity contribution in [3.8, 4) is 0 Å². The Morgan fingerprint density at radius 1 is 0.973 bits per heavy atom. The van der Waals surface area contributed by atoms with Gasteiger partial charge >= 0.3 is 0 Å². The van der Waals surface area contributed by atoms with Crippen LogP contribution in [0, 0.1) is 6.92 Å². The van der Waals surface area contributed by atoms with E-state index in [1.807, 2.05) is 38.1 Å². The summed E-state index contributed by atoms with van der Waals surface area (Å²) in [6.07, 6.45) is 0.761. The van der Waals surface area contributed by atoms with E-state index in [2.05, 4.69) is 21.2 Å². The second-order valence-corrected chi connectivity index (χ2v) is 11.6. The standard InChI is InChI=1S/C28H32BrN3O4S/c1-4-17-30-28(34)22(3)31(19-23-10-8-9-21(2)18-23)27(33)20-32(25-15-13-24(29)14-16-25)37(35,36)26-11-6-5-7-12-26/h5-16,18,22H,4,17,19-20H2,1-3H3,(H,30,34)/t22-/m1/s1. The van der Waals surface area contributed by atoms with Gasteiger partial charge in [0.1, 0.15) is 12.6 Å². The summed E-state index contributed by atoms with van der Waals surface area (Å²) in [7, 11) is -4.07. The Hall–Kier alpha value is -3.17. The van der Waals surface area contributed by atoms with Gasteiger partial charge in [-0.3, -0.25) is 13.9 Å². The lowest BCUT2D eigenvalue weighted by Crippen LogP contribution is -2.51. The van der Waals surface area contributed by atoms with E-state index in [0.29, 0.717) is 12.2 Å². The molecule has 2 amide bonds. The summed E-state index contributed by atoms with van der Waals surface area (Å²) in [5.41, 5.74) is 2.22. The first-order chi connectivity index (χ1) is 17.6. The SMILES string of the molecule is CCCNC(=O)[C@@H](C)N(Cc1cccc(C)c1)C(=O)CN(c1ccc(Br)cc1)S(=O)(=O)c1ccccc1. The Kier molecular flexibility index (Phi) is 9.88. The smallest absolute Gasteiger partial charge is 0.264 e. The van der Waals surface area contributed by atoms with Crippen LogP contribution in [-0.2, 0) is 26.2 Å². The summed E-state index contributed by atoms with van der Waals surface area (Å²) in [4.78, 5) is 28.2. The van der Waals surface area contributed by atoms with Crippen molar-refractivity contribution in [2.24, 2.45) is 0 Å². The largest absolute Gasteiger partial charge is 0.354 e. The minimum atomic E-state index is -4.07. The third-order valence-electron chi connectivity index (χ3n) is 5.88. The molecule has 0 aliphatic heterocycles. The molecule has 3 aromatic rings. The second-order valence-electron chi connectivity index (χ2n) is 8.78. The number of carbonyl (C=O) groups excluding carboxylic acids is 2. The molecule has 37 heavy (non-hydrogen) atoms. The van der Waals surface area contributed by atoms with Crippen molar-refractivity contribution in [2.45, 2.75) is 44.7 Å². The van der Waals surface area contributed by atoms with Crippen LogP contribution in [0.25, 0.3) is 0 Å².